The maximum absolute atomic E-state index is 5.80. The molecule has 0 aliphatic carbocycles. The number of likely N-dealkylation sites (tertiary alicyclic amines) is 1. The maximum Gasteiger partial charge on any atom is 0.0829 e. The first-order valence-corrected chi connectivity index (χ1v) is 6.50. The quantitative estimate of drug-likeness (QED) is 0.736. The van der Waals surface area contributed by atoms with Gasteiger partial charge in [-0.1, -0.05) is 0 Å². The van der Waals surface area contributed by atoms with Gasteiger partial charge in [-0.2, -0.15) is 0 Å². The zero-order valence-corrected chi connectivity index (χ0v) is 10.4. The SMILES string of the molecule is CN1CCOC(CN2CCC(CN)CC2)C1. The highest BCUT2D eigenvalue weighted by Crippen LogP contribution is 2.17. The molecule has 1 unspecified atom stereocenters. The van der Waals surface area contributed by atoms with Crippen LogP contribution < -0.4 is 5.73 Å². The summed E-state index contributed by atoms with van der Waals surface area (Å²) in [6, 6.07) is 0. The third-order valence-electron chi connectivity index (χ3n) is 3.84. The van der Waals surface area contributed by atoms with Crippen LogP contribution in [0.3, 0.4) is 0 Å². The average Bonchev–Trinajstić information content (AvgIpc) is 2.30. The van der Waals surface area contributed by atoms with Crippen molar-refractivity contribution in [1.82, 2.24) is 9.80 Å². The highest BCUT2D eigenvalue weighted by atomic mass is 16.5. The molecular weight excluding hydrogens is 202 g/mol. The van der Waals surface area contributed by atoms with Gasteiger partial charge in [-0.25, -0.2) is 0 Å². The third kappa shape index (κ3) is 3.42. The zero-order chi connectivity index (χ0) is 11.4. The molecule has 2 fully saturated rings. The van der Waals surface area contributed by atoms with Gasteiger partial charge < -0.3 is 20.3 Å². The lowest BCUT2D eigenvalue weighted by Gasteiger charge is -2.37. The molecule has 2 aliphatic heterocycles. The van der Waals surface area contributed by atoms with Gasteiger partial charge >= 0.3 is 0 Å². The van der Waals surface area contributed by atoms with Crippen LogP contribution in [0.2, 0.25) is 0 Å². The van der Waals surface area contributed by atoms with Gasteiger partial charge in [0.1, 0.15) is 0 Å². The van der Waals surface area contributed by atoms with Crippen molar-refractivity contribution in [3.63, 3.8) is 0 Å². The minimum absolute atomic E-state index is 0.410. The number of nitrogens with zero attached hydrogens (tertiary/aromatic N) is 2. The Hall–Kier alpha value is -0.160. The molecule has 0 bridgehead atoms. The van der Waals surface area contributed by atoms with Crippen LogP contribution in [0.25, 0.3) is 0 Å². The fourth-order valence-corrected chi connectivity index (χ4v) is 2.67. The van der Waals surface area contributed by atoms with Crippen molar-refractivity contribution in [1.29, 1.82) is 0 Å². The molecule has 0 spiro atoms. The summed E-state index contributed by atoms with van der Waals surface area (Å²) in [6.07, 6.45) is 2.94. The molecule has 0 radical (unpaired) electrons. The van der Waals surface area contributed by atoms with Crippen LogP contribution in [0.15, 0.2) is 0 Å². The Balaban J connectivity index is 1.69. The molecule has 2 N–H and O–H groups in total. The Morgan fingerprint density at radius 1 is 1.25 bits per heavy atom. The van der Waals surface area contributed by atoms with E-state index in [0.717, 1.165) is 38.7 Å². The maximum atomic E-state index is 5.80. The Bertz CT molecular complexity index is 204. The van der Waals surface area contributed by atoms with E-state index >= 15 is 0 Å². The fourth-order valence-electron chi connectivity index (χ4n) is 2.67. The number of hydrogen-bond donors (Lipinski definition) is 1. The first-order valence-electron chi connectivity index (χ1n) is 6.50. The minimum atomic E-state index is 0.410. The molecular formula is C12H25N3O. The number of hydrogen-bond acceptors (Lipinski definition) is 4. The van der Waals surface area contributed by atoms with E-state index in [1.54, 1.807) is 0 Å². The predicted octanol–water partition coefficient (Wildman–Crippen LogP) is -0.0123. The van der Waals surface area contributed by atoms with Crippen molar-refractivity contribution in [3.8, 4) is 0 Å². The van der Waals surface area contributed by atoms with Crippen LogP contribution in [-0.4, -0.2) is 68.8 Å². The minimum Gasteiger partial charge on any atom is -0.374 e. The van der Waals surface area contributed by atoms with Crippen LogP contribution in [0, 0.1) is 5.92 Å². The first kappa shape index (κ1) is 12.3. The van der Waals surface area contributed by atoms with E-state index < -0.39 is 0 Å². The molecule has 16 heavy (non-hydrogen) atoms. The van der Waals surface area contributed by atoms with E-state index in [0.29, 0.717) is 6.10 Å². The summed E-state index contributed by atoms with van der Waals surface area (Å²) in [5.41, 5.74) is 5.70. The fraction of sp³-hybridized carbons (Fsp3) is 1.00. The van der Waals surface area contributed by atoms with Crippen LogP contribution in [0.5, 0.6) is 0 Å². The van der Waals surface area contributed by atoms with Crippen LogP contribution >= 0.6 is 0 Å². The van der Waals surface area contributed by atoms with Crippen LogP contribution in [0.1, 0.15) is 12.8 Å². The number of piperidine rings is 1. The number of ether oxygens (including phenoxy) is 1. The summed E-state index contributed by atoms with van der Waals surface area (Å²) >= 11 is 0. The van der Waals surface area contributed by atoms with Gasteiger partial charge in [0.15, 0.2) is 0 Å². The molecule has 0 amide bonds. The van der Waals surface area contributed by atoms with Gasteiger partial charge in [0.05, 0.1) is 12.7 Å². The van der Waals surface area contributed by atoms with Gasteiger partial charge in [-0.3, -0.25) is 0 Å². The van der Waals surface area contributed by atoms with Gasteiger partial charge in [0.2, 0.25) is 0 Å². The van der Waals surface area contributed by atoms with Crippen LogP contribution in [0.4, 0.5) is 0 Å². The number of morpholine rings is 1. The summed E-state index contributed by atoms with van der Waals surface area (Å²) < 4.78 is 5.80. The van der Waals surface area contributed by atoms with E-state index in [4.69, 9.17) is 10.5 Å². The van der Waals surface area contributed by atoms with Gasteiger partial charge in [-0.15, -0.1) is 0 Å². The van der Waals surface area contributed by atoms with Gasteiger partial charge in [-0.05, 0) is 45.4 Å². The highest BCUT2D eigenvalue weighted by Gasteiger charge is 2.23. The van der Waals surface area contributed by atoms with E-state index in [1.807, 2.05) is 0 Å². The Kier molecular flexibility index (Phi) is 4.58. The third-order valence-corrected chi connectivity index (χ3v) is 3.84. The zero-order valence-electron chi connectivity index (χ0n) is 10.4. The lowest BCUT2D eigenvalue weighted by atomic mass is 9.97. The van der Waals surface area contributed by atoms with Crippen molar-refractivity contribution in [2.45, 2.75) is 18.9 Å². The molecule has 0 aromatic carbocycles. The normalized spacial score (nSPS) is 30.8. The van der Waals surface area contributed by atoms with Crippen molar-refractivity contribution in [2.24, 2.45) is 11.7 Å². The summed E-state index contributed by atoms with van der Waals surface area (Å²) in [5.74, 6) is 0.756. The van der Waals surface area contributed by atoms with Crippen molar-refractivity contribution >= 4 is 0 Å². The molecule has 2 aliphatic rings. The van der Waals surface area contributed by atoms with Crippen molar-refractivity contribution in [2.75, 3.05) is 52.9 Å². The molecule has 0 saturated carbocycles. The van der Waals surface area contributed by atoms with Crippen LogP contribution in [-0.2, 0) is 4.74 Å². The van der Waals surface area contributed by atoms with Crippen molar-refractivity contribution < 1.29 is 4.74 Å². The second-order valence-corrected chi connectivity index (χ2v) is 5.23. The summed E-state index contributed by atoms with van der Waals surface area (Å²) in [6.45, 7) is 7.40. The molecule has 1 atom stereocenters. The molecule has 94 valence electrons. The molecule has 0 aromatic rings. The standard InChI is InChI=1S/C12H25N3O/c1-14-6-7-16-12(9-14)10-15-4-2-11(8-13)3-5-15/h11-12H,2-10,13H2,1H3. The smallest absolute Gasteiger partial charge is 0.0829 e. The Morgan fingerprint density at radius 2 is 2.00 bits per heavy atom. The van der Waals surface area contributed by atoms with E-state index in [2.05, 4.69) is 16.8 Å². The second kappa shape index (κ2) is 5.96. The summed E-state index contributed by atoms with van der Waals surface area (Å²) in [5, 5.41) is 0. The van der Waals surface area contributed by atoms with E-state index in [9.17, 15) is 0 Å². The molecule has 0 aromatic heterocycles. The monoisotopic (exact) mass is 227 g/mol. The number of rotatable bonds is 3. The number of likely N-dealkylation sites (N-methyl/N-ethyl adjacent to an activating group) is 1. The second-order valence-electron chi connectivity index (χ2n) is 5.23. The average molecular weight is 227 g/mol. The predicted molar refractivity (Wildman–Crippen MR) is 65.5 cm³/mol. The number of nitrogens with two attached hydrogens (primary N) is 1. The molecule has 4 nitrogen and oxygen atoms in total. The topological polar surface area (TPSA) is 41.7 Å². The van der Waals surface area contributed by atoms with E-state index in [-0.39, 0.29) is 0 Å². The first-order chi connectivity index (χ1) is 7.78. The Labute approximate surface area is 98.7 Å². The van der Waals surface area contributed by atoms with Crippen molar-refractivity contribution in [3.05, 3.63) is 0 Å². The summed E-state index contributed by atoms with van der Waals surface area (Å²) in [7, 11) is 2.18. The lowest BCUT2D eigenvalue weighted by Crippen LogP contribution is -2.48. The highest BCUT2D eigenvalue weighted by molar-refractivity contribution is 4.78. The summed E-state index contributed by atoms with van der Waals surface area (Å²) in [4.78, 5) is 4.90. The van der Waals surface area contributed by atoms with Gasteiger partial charge in [0.25, 0.3) is 0 Å². The molecule has 2 saturated heterocycles. The van der Waals surface area contributed by atoms with E-state index in [1.165, 1.54) is 25.9 Å². The van der Waals surface area contributed by atoms with Gasteiger partial charge in [0, 0.05) is 19.6 Å². The molecule has 2 heterocycles. The Morgan fingerprint density at radius 3 is 2.62 bits per heavy atom. The largest absolute Gasteiger partial charge is 0.374 e. The molecule has 4 heteroatoms. The molecule has 2 rings (SSSR count). The lowest BCUT2D eigenvalue weighted by molar-refractivity contribution is -0.0392.